The summed E-state index contributed by atoms with van der Waals surface area (Å²) in [5.41, 5.74) is 3.95. The molecule has 3 aromatic carbocycles. The van der Waals surface area contributed by atoms with Gasteiger partial charge < -0.3 is 14.7 Å². The summed E-state index contributed by atoms with van der Waals surface area (Å²) in [5.74, 6) is -0.192. The summed E-state index contributed by atoms with van der Waals surface area (Å²) >= 11 is 0. The molecule has 190 valence electrons. The zero-order valence-electron chi connectivity index (χ0n) is 20.6. The lowest BCUT2D eigenvalue weighted by molar-refractivity contribution is -0.0544. The number of carbonyl (C=O) groups excluding carboxylic acids is 1. The Morgan fingerprint density at radius 2 is 1.53 bits per heavy atom. The second-order valence-electron chi connectivity index (χ2n) is 9.07. The highest BCUT2D eigenvalue weighted by Crippen LogP contribution is 2.40. The Morgan fingerprint density at radius 3 is 2.19 bits per heavy atom. The number of hydrogen-bond acceptors (Lipinski definition) is 6. The van der Waals surface area contributed by atoms with E-state index in [1.165, 1.54) is 12.1 Å². The van der Waals surface area contributed by atoms with Gasteiger partial charge in [0, 0.05) is 17.7 Å². The molecule has 36 heavy (non-hydrogen) atoms. The molecule has 1 aliphatic rings. The number of rotatable bonds is 8. The maximum atomic E-state index is 13.4. The summed E-state index contributed by atoms with van der Waals surface area (Å²) in [4.78, 5) is 15.1. The van der Waals surface area contributed by atoms with Crippen molar-refractivity contribution in [2.24, 2.45) is 0 Å². The molecule has 0 radical (unpaired) electrons. The lowest BCUT2D eigenvalue weighted by Gasteiger charge is -2.42. The first-order valence-electron chi connectivity index (χ1n) is 11.9. The molecule has 1 amide bonds. The molecule has 8 heteroatoms. The van der Waals surface area contributed by atoms with Gasteiger partial charge in [0.2, 0.25) is 0 Å². The maximum Gasteiger partial charge on any atom is 0.296 e. The molecule has 0 aliphatic carbocycles. The zero-order valence-corrected chi connectivity index (χ0v) is 21.4. The number of aliphatic hydroxyl groups excluding tert-OH is 1. The van der Waals surface area contributed by atoms with Crippen molar-refractivity contribution in [3.8, 4) is 0 Å². The quantitative estimate of drug-likeness (QED) is 0.353. The van der Waals surface area contributed by atoms with Crippen LogP contribution in [0, 0.1) is 13.8 Å². The third-order valence-electron chi connectivity index (χ3n) is 6.37. The lowest BCUT2D eigenvalue weighted by Crippen LogP contribution is -2.52. The van der Waals surface area contributed by atoms with Gasteiger partial charge in [-0.1, -0.05) is 53.6 Å². The van der Waals surface area contributed by atoms with Gasteiger partial charge in [-0.3, -0.25) is 8.98 Å². The number of carbonyl (C=O) groups is 1. The van der Waals surface area contributed by atoms with Gasteiger partial charge in [-0.2, -0.15) is 8.42 Å². The largest absolute Gasteiger partial charge is 0.388 e. The third-order valence-corrected chi connectivity index (χ3v) is 7.69. The standard InChI is InChI=1S/C28H31NO6S/c1-19-9-13-22(14-10-19)28(31)29-21(3)26(30)27(24-7-4-5-8-25(24)29)34-17-6-18-35-36(32,33)23-15-11-20(2)12-16-23/h4-5,7-16,21,26-27,30H,6,17-18H2,1-3H3/t21-,26-,27-/m0/s1. The summed E-state index contributed by atoms with van der Waals surface area (Å²) in [7, 11) is -3.85. The van der Waals surface area contributed by atoms with E-state index >= 15 is 0 Å². The smallest absolute Gasteiger partial charge is 0.296 e. The minimum atomic E-state index is -3.85. The van der Waals surface area contributed by atoms with Crippen LogP contribution in [0.15, 0.2) is 77.7 Å². The Bertz CT molecular complexity index is 1300. The molecule has 3 aromatic rings. The Balaban J connectivity index is 1.42. The average Bonchev–Trinajstić information content (AvgIpc) is 2.86. The zero-order chi connectivity index (χ0) is 25.9. The summed E-state index contributed by atoms with van der Waals surface area (Å²) in [5, 5.41) is 11.1. The number of hydrogen-bond donors (Lipinski definition) is 1. The highest BCUT2D eigenvalue weighted by Gasteiger charge is 2.41. The van der Waals surface area contributed by atoms with Crippen molar-refractivity contribution in [2.45, 2.75) is 50.3 Å². The predicted octanol–water partition coefficient (Wildman–Crippen LogP) is 4.57. The van der Waals surface area contributed by atoms with Crippen LogP contribution in [0.1, 0.15) is 46.5 Å². The van der Waals surface area contributed by atoms with Crippen LogP contribution in [-0.2, 0) is 19.0 Å². The molecular weight excluding hydrogens is 478 g/mol. The van der Waals surface area contributed by atoms with Crippen LogP contribution in [-0.4, -0.2) is 44.8 Å². The number of benzene rings is 3. The molecule has 4 rings (SSSR count). The van der Waals surface area contributed by atoms with E-state index in [0.717, 1.165) is 11.1 Å². The first-order valence-corrected chi connectivity index (χ1v) is 13.3. The van der Waals surface area contributed by atoms with Gasteiger partial charge in [-0.25, -0.2) is 0 Å². The van der Waals surface area contributed by atoms with Gasteiger partial charge in [0.15, 0.2) is 0 Å². The fourth-order valence-electron chi connectivity index (χ4n) is 4.29. The Labute approximate surface area is 212 Å². The van der Waals surface area contributed by atoms with Crippen LogP contribution in [0.5, 0.6) is 0 Å². The molecule has 7 nitrogen and oxygen atoms in total. The van der Waals surface area contributed by atoms with Crippen LogP contribution in [0.25, 0.3) is 0 Å². The number of aliphatic hydroxyl groups is 1. The second-order valence-corrected chi connectivity index (χ2v) is 10.7. The fraction of sp³-hybridized carbons (Fsp3) is 0.321. The maximum absolute atomic E-state index is 13.4. The highest BCUT2D eigenvalue weighted by molar-refractivity contribution is 7.86. The van der Waals surface area contributed by atoms with E-state index < -0.39 is 28.4 Å². The number of aryl methyl sites for hydroxylation is 2. The number of ether oxygens (including phenoxy) is 1. The van der Waals surface area contributed by atoms with Gasteiger partial charge in [-0.15, -0.1) is 0 Å². The molecule has 1 aliphatic heterocycles. The summed E-state index contributed by atoms with van der Waals surface area (Å²) in [6.45, 7) is 5.76. The van der Waals surface area contributed by atoms with Gasteiger partial charge in [0.25, 0.3) is 16.0 Å². The van der Waals surface area contributed by atoms with E-state index in [2.05, 4.69) is 0 Å². The molecule has 0 unspecified atom stereocenters. The fourth-order valence-corrected chi connectivity index (χ4v) is 5.23. The van der Waals surface area contributed by atoms with Crippen LogP contribution >= 0.6 is 0 Å². The van der Waals surface area contributed by atoms with Gasteiger partial charge in [0.05, 0.1) is 23.2 Å². The minimum Gasteiger partial charge on any atom is -0.388 e. The lowest BCUT2D eigenvalue weighted by atomic mass is 9.90. The molecule has 0 fully saturated rings. The van der Waals surface area contributed by atoms with E-state index in [1.54, 1.807) is 36.1 Å². The number of fused-ring (bicyclic) bond motifs is 1. The molecular formula is C28H31NO6S. The third kappa shape index (κ3) is 5.52. The molecule has 3 atom stereocenters. The van der Waals surface area contributed by atoms with Crippen molar-refractivity contribution in [1.29, 1.82) is 0 Å². The summed E-state index contributed by atoms with van der Waals surface area (Å²) in [6.07, 6.45) is -1.31. The van der Waals surface area contributed by atoms with E-state index in [0.29, 0.717) is 23.2 Å². The van der Waals surface area contributed by atoms with E-state index in [9.17, 15) is 18.3 Å². The van der Waals surface area contributed by atoms with Crippen LogP contribution in [0.4, 0.5) is 5.69 Å². The predicted molar refractivity (Wildman–Crippen MR) is 138 cm³/mol. The molecule has 0 spiro atoms. The molecule has 0 saturated carbocycles. The van der Waals surface area contributed by atoms with Crippen molar-refractivity contribution in [2.75, 3.05) is 18.1 Å². The normalized spacial score (nSPS) is 19.7. The topological polar surface area (TPSA) is 93.1 Å². The van der Waals surface area contributed by atoms with E-state index in [1.807, 2.05) is 50.2 Å². The van der Waals surface area contributed by atoms with E-state index in [4.69, 9.17) is 8.92 Å². The van der Waals surface area contributed by atoms with Crippen LogP contribution < -0.4 is 4.90 Å². The van der Waals surface area contributed by atoms with Gasteiger partial charge in [0.1, 0.15) is 12.2 Å². The van der Waals surface area contributed by atoms with Gasteiger partial charge in [-0.05, 0) is 57.5 Å². The Hall–Kier alpha value is -3.04. The molecule has 1 heterocycles. The molecule has 0 aromatic heterocycles. The second kappa shape index (κ2) is 10.9. The van der Waals surface area contributed by atoms with Gasteiger partial charge >= 0.3 is 0 Å². The van der Waals surface area contributed by atoms with E-state index in [-0.39, 0.29) is 24.0 Å². The first kappa shape index (κ1) is 26.0. The molecule has 0 bridgehead atoms. The highest BCUT2D eigenvalue weighted by atomic mass is 32.2. The Morgan fingerprint density at radius 1 is 0.917 bits per heavy atom. The van der Waals surface area contributed by atoms with Crippen molar-refractivity contribution in [3.63, 3.8) is 0 Å². The van der Waals surface area contributed by atoms with Crippen molar-refractivity contribution in [1.82, 2.24) is 0 Å². The number of nitrogens with zero attached hydrogens (tertiary/aromatic N) is 1. The van der Waals surface area contributed by atoms with Crippen LogP contribution in [0.3, 0.4) is 0 Å². The Kier molecular flexibility index (Phi) is 7.90. The first-order chi connectivity index (χ1) is 17.2. The summed E-state index contributed by atoms with van der Waals surface area (Å²) in [6, 6.07) is 20.6. The minimum absolute atomic E-state index is 0.0474. The molecule has 0 saturated heterocycles. The summed E-state index contributed by atoms with van der Waals surface area (Å²) < 4.78 is 35.9. The van der Waals surface area contributed by atoms with Crippen LogP contribution in [0.2, 0.25) is 0 Å². The van der Waals surface area contributed by atoms with Crippen molar-refractivity contribution in [3.05, 3.63) is 95.1 Å². The molecule has 1 N–H and O–H groups in total. The number of para-hydroxylation sites is 1. The average molecular weight is 510 g/mol. The van der Waals surface area contributed by atoms with Crippen molar-refractivity contribution < 1.29 is 27.2 Å². The monoisotopic (exact) mass is 509 g/mol. The van der Waals surface area contributed by atoms with Crippen molar-refractivity contribution >= 4 is 21.7 Å². The number of amides is 1. The number of anilines is 1. The SMILES string of the molecule is Cc1ccc(C(=O)N2c3ccccc3[C@H](OCCCOS(=O)(=O)c3ccc(C)cc3)[C@@H](O)[C@@H]2C)cc1.